The third kappa shape index (κ3) is 1.49. The fourth-order valence-electron chi connectivity index (χ4n) is 0.461. The van der Waals surface area contributed by atoms with Crippen LogP contribution in [0.1, 0.15) is 5.48 Å². The highest BCUT2D eigenvalue weighted by molar-refractivity contribution is 6.58. The van der Waals surface area contributed by atoms with Gasteiger partial charge in [-0.05, 0) is 17.5 Å². The Morgan fingerprint density at radius 2 is 1.80 bits per heavy atom. The highest BCUT2D eigenvalue weighted by Crippen LogP contribution is 1.95. The molecule has 0 spiro atoms. The zero-order valence-electron chi connectivity index (χ0n) is 9.05. The van der Waals surface area contributed by atoms with E-state index in [1.165, 1.54) is 0 Å². The second kappa shape index (κ2) is 2.73. The van der Waals surface area contributed by atoms with Crippen molar-refractivity contribution < 1.29 is 15.5 Å². The predicted octanol–water partition coefficient (Wildman–Crippen LogP) is -1.05. The molecule has 52 valence electrons. The van der Waals surface area contributed by atoms with E-state index in [1.54, 1.807) is 0 Å². The zero-order chi connectivity index (χ0) is 11.0. The van der Waals surface area contributed by atoms with Gasteiger partial charge in [0.15, 0.2) is 0 Å². The highest BCUT2D eigenvalue weighted by Gasteiger charge is 2.08. The third-order valence-corrected chi connectivity index (χ3v) is 0.922. The SMILES string of the molecule is [2H]c1c([2H])c(B(O)O)c([2H])c([2H])c1N. The molecule has 3 nitrogen and oxygen atoms in total. The molecule has 1 aromatic carbocycles. The molecular weight excluding hydrogens is 129 g/mol. The van der Waals surface area contributed by atoms with Crippen molar-refractivity contribution in [2.45, 2.75) is 0 Å². The van der Waals surface area contributed by atoms with Crippen LogP contribution in [0.5, 0.6) is 0 Å². The van der Waals surface area contributed by atoms with E-state index in [2.05, 4.69) is 0 Å². The maximum absolute atomic E-state index is 8.83. The molecule has 0 aliphatic heterocycles. The second-order valence-corrected chi connectivity index (χ2v) is 1.70. The number of benzene rings is 1. The quantitative estimate of drug-likeness (QED) is 0.345. The van der Waals surface area contributed by atoms with Crippen LogP contribution in [-0.4, -0.2) is 17.2 Å². The van der Waals surface area contributed by atoms with Crippen molar-refractivity contribution in [3.8, 4) is 0 Å². The molecule has 0 amide bonds. The molecule has 0 aromatic heterocycles. The van der Waals surface area contributed by atoms with Gasteiger partial charge in [-0.3, -0.25) is 0 Å². The number of hydrogen-bond acceptors (Lipinski definition) is 3. The van der Waals surface area contributed by atoms with E-state index < -0.39 is 36.8 Å². The van der Waals surface area contributed by atoms with E-state index in [9.17, 15) is 0 Å². The Labute approximate surface area is 64.9 Å². The number of rotatable bonds is 1. The van der Waals surface area contributed by atoms with Gasteiger partial charge in [0.2, 0.25) is 0 Å². The Hall–Kier alpha value is -0.995. The molecule has 0 fully saturated rings. The lowest BCUT2D eigenvalue weighted by Crippen LogP contribution is -2.29. The predicted molar refractivity (Wildman–Crippen MR) is 40.7 cm³/mol. The van der Waals surface area contributed by atoms with Crippen LogP contribution in [0.4, 0.5) is 5.69 Å². The van der Waals surface area contributed by atoms with E-state index >= 15 is 0 Å². The topological polar surface area (TPSA) is 66.5 Å². The van der Waals surface area contributed by atoms with Crippen molar-refractivity contribution >= 4 is 18.3 Å². The van der Waals surface area contributed by atoms with Gasteiger partial charge in [-0.15, -0.1) is 0 Å². The molecular formula is C6H8BNO2. The lowest BCUT2D eigenvalue weighted by atomic mass is 9.80. The van der Waals surface area contributed by atoms with Crippen LogP contribution in [-0.2, 0) is 0 Å². The summed E-state index contributed by atoms with van der Waals surface area (Å²) in [6.07, 6.45) is 0. The molecule has 1 rings (SSSR count). The van der Waals surface area contributed by atoms with Crippen LogP contribution >= 0.6 is 0 Å². The first-order valence-electron chi connectivity index (χ1n) is 4.59. The van der Waals surface area contributed by atoms with Crippen LogP contribution in [0, 0.1) is 0 Å². The molecule has 4 N–H and O–H groups in total. The maximum atomic E-state index is 8.83. The smallest absolute Gasteiger partial charge is 0.423 e. The van der Waals surface area contributed by atoms with Gasteiger partial charge >= 0.3 is 7.12 Å². The lowest BCUT2D eigenvalue weighted by molar-refractivity contribution is 0.426. The van der Waals surface area contributed by atoms with Gasteiger partial charge in [0.25, 0.3) is 0 Å². The minimum Gasteiger partial charge on any atom is -0.423 e. The van der Waals surface area contributed by atoms with Gasteiger partial charge in [0.05, 0.1) is 5.48 Å². The van der Waals surface area contributed by atoms with Crippen LogP contribution in [0.3, 0.4) is 0 Å². The molecule has 10 heavy (non-hydrogen) atoms. The van der Waals surface area contributed by atoms with Gasteiger partial charge in [0, 0.05) is 5.69 Å². The molecule has 0 unspecified atom stereocenters. The summed E-state index contributed by atoms with van der Waals surface area (Å²) in [5.74, 6) is 0. The van der Waals surface area contributed by atoms with Crippen molar-refractivity contribution in [3.05, 3.63) is 24.2 Å². The van der Waals surface area contributed by atoms with Crippen molar-refractivity contribution in [1.29, 1.82) is 0 Å². The molecule has 0 bridgehead atoms. The first kappa shape index (κ1) is 3.41. The highest BCUT2D eigenvalue weighted by atomic mass is 16.4. The van der Waals surface area contributed by atoms with E-state index in [1.807, 2.05) is 0 Å². The third-order valence-electron chi connectivity index (χ3n) is 0.922. The normalized spacial score (nSPS) is 15.0. The average Bonchev–Trinajstić information content (AvgIpc) is 2.11. The summed E-state index contributed by atoms with van der Waals surface area (Å²) in [5.41, 5.74) is 4.51. The van der Waals surface area contributed by atoms with Crippen molar-refractivity contribution in [3.63, 3.8) is 0 Å². The number of hydrogen-bond donors (Lipinski definition) is 3. The van der Waals surface area contributed by atoms with Crippen LogP contribution < -0.4 is 11.2 Å². The summed E-state index contributed by atoms with van der Waals surface area (Å²) in [6, 6.07) is -1.99. The Balaban J connectivity index is 3.60. The molecule has 0 radical (unpaired) electrons. The van der Waals surface area contributed by atoms with Crippen molar-refractivity contribution in [2.24, 2.45) is 0 Å². The van der Waals surface area contributed by atoms with Gasteiger partial charge in [0.1, 0.15) is 0 Å². The summed E-state index contributed by atoms with van der Waals surface area (Å²) >= 11 is 0. The van der Waals surface area contributed by atoms with Gasteiger partial charge < -0.3 is 15.8 Å². The monoisotopic (exact) mass is 141 g/mol. The summed E-state index contributed by atoms with van der Waals surface area (Å²) in [5, 5.41) is 17.7. The molecule has 4 heteroatoms. The number of nitrogens with two attached hydrogens (primary N) is 1. The number of anilines is 1. The first-order chi connectivity index (χ1) is 6.37. The van der Waals surface area contributed by atoms with Crippen molar-refractivity contribution in [1.82, 2.24) is 0 Å². The van der Waals surface area contributed by atoms with Gasteiger partial charge in [-0.25, -0.2) is 0 Å². The summed E-state index contributed by atoms with van der Waals surface area (Å²) in [4.78, 5) is 0. The molecule has 0 atom stereocenters. The largest absolute Gasteiger partial charge is 0.488 e. The molecule has 0 heterocycles. The number of nitrogen functional groups attached to an aromatic ring is 1. The van der Waals surface area contributed by atoms with Gasteiger partial charge in [-0.1, -0.05) is 12.1 Å². The molecule has 0 aliphatic carbocycles. The van der Waals surface area contributed by atoms with Crippen LogP contribution in [0.15, 0.2) is 24.2 Å². The Kier molecular flexibility index (Phi) is 0.930. The van der Waals surface area contributed by atoms with E-state index in [4.69, 9.17) is 21.3 Å². The minimum atomic E-state index is -2.04. The lowest BCUT2D eigenvalue weighted by Gasteiger charge is -1.97. The van der Waals surface area contributed by atoms with E-state index in [-0.39, 0.29) is 5.69 Å². The Morgan fingerprint density at radius 1 is 1.30 bits per heavy atom. The molecule has 0 aliphatic rings. The van der Waals surface area contributed by atoms with Crippen molar-refractivity contribution in [2.75, 3.05) is 5.73 Å². The Morgan fingerprint density at radius 3 is 2.20 bits per heavy atom. The van der Waals surface area contributed by atoms with Crippen LogP contribution in [0.2, 0.25) is 0 Å². The average molecular weight is 141 g/mol. The minimum absolute atomic E-state index is 0.301. The van der Waals surface area contributed by atoms with Gasteiger partial charge in [-0.2, -0.15) is 0 Å². The summed E-state index contributed by atoms with van der Waals surface area (Å²) < 4.78 is 29.2. The Bertz CT molecular complexity index is 356. The fraction of sp³-hybridized carbons (Fsp3) is 0. The first-order valence-corrected chi connectivity index (χ1v) is 2.59. The maximum Gasteiger partial charge on any atom is 0.488 e. The van der Waals surface area contributed by atoms with Crippen LogP contribution in [0.25, 0.3) is 0 Å². The standard InChI is InChI=1S/C6H8BNO2/c8-6-3-1-5(2-4-6)7(9)10/h1-4,9-10H,8H2/i1D,2D,3D,4D. The molecule has 0 saturated heterocycles. The zero-order valence-corrected chi connectivity index (χ0v) is 5.05. The van der Waals surface area contributed by atoms with E-state index in [0.29, 0.717) is 0 Å². The molecule has 1 aromatic rings. The van der Waals surface area contributed by atoms with E-state index in [0.717, 1.165) is 0 Å². The fourth-order valence-corrected chi connectivity index (χ4v) is 0.461. The second-order valence-electron chi connectivity index (χ2n) is 1.70. The summed E-state index contributed by atoms with van der Waals surface area (Å²) in [6.45, 7) is 0. The molecule has 0 saturated carbocycles. The summed E-state index contributed by atoms with van der Waals surface area (Å²) in [7, 11) is -2.04.